The van der Waals surface area contributed by atoms with E-state index in [2.05, 4.69) is 10.6 Å². The molecule has 1 rings (SSSR count). The van der Waals surface area contributed by atoms with Gasteiger partial charge in [-0.25, -0.2) is 0 Å². The summed E-state index contributed by atoms with van der Waals surface area (Å²) in [7, 11) is 2.95. The third-order valence-corrected chi connectivity index (χ3v) is 3.50. The lowest BCUT2D eigenvalue weighted by molar-refractivity contribution is -0.123. The second-order valence-corrected chi connectivity index (χ2v) is 5.36. The summed E-state index contributed by atoms with van der Waals surface area (Å²) in [6, 6.07) is 2.62. The summed E-state index contributed by atoms with van der Waals surface area (Å²) in [4.78, 5) is 23.5. The van der Waals surface area contributed by atoms with Crippen LogP contribution in [0.4, 0.5) is 5.69 Å². The number of benzene rings is 1. The van der Waals surface area contributed by atoms with Gasteiger partial charge >= 0.3 is 0 Å². The molecule has 1 unspecified atom stereocenters. The maximum Gasteiger partial charge on any atom is 0.239 e. The maximum atomic E-state index is 11.9. The number of rotatable bonds is 8. The van der Waals surface area contributed by atoms with Gasteiger partial charge in [0.25, 0.3) is 0 Å². The van der Waals surface area contributed by atoms with Crippen molar-refractivity contribution in [3.63, 3.8) is 0 Å². The number of hydrogen-bond donors (Lipinski definition) is 3. The first-order valence-electron chi connectivity index (χ1n) is 7.05. The van der Waals surface area contributed by atoms with E-state index in [1.807, 2.05) is 6.92 Å². The first-order valence-corrected chi connectivity index (χ1v) is 7.43. The lowest BCUT2D eigenvalue weighted by Gasteiger charge is -2.13. The number of carbonyl (C=O) groups excluding carboxylic acids is 2. The van der Waals surface area contributed by atoms with Gasteiger partial charge in [0, 0.05) is 31.2 Å². The lowest BCUT2D eigenvalue weighted by atomic mass is 10.2. The number of halogens is 1. The fourth-order valence-corrected chi connectivity index (χ4v) is 1.98. The van der Waals surface area contributed by atoms with Gasteiger partial charge in [-0.2, -0.15) is 0 Å². The number of anilines is 1. The Bertz CT molecular complexity index is 566. The Morgan fingerprint density at radius 2 is 2.04 bits per heavy atom. The highest BCUT2D eigenvalue weighted by Crippen LogP contribution is 2.30. The number of amides is 2. The van der Waals surface area contributed by atoms with Crippen molar-refractivity contribution in [3.05, 3.63) is 22.7 Å². The Balaban J connectivity index is 2.51. The summed E-state index contributed by atoms with van der Waals surface area (Å²) < 4.78 is 9.97. The zero-order valence-electron chi connectivity index (χ0n) is 13.4. The quantitative estimate of drug-likeness (QED) is 0.655. The molecule has 4 N–H and O–H groups in total. The minimum absolute atomic E-state index is 0.107. The third kappa shape index (κ3) is 6.05. The van der Waals surface area contributed by atoms with Crippen molar-refractivity contribution in [2.75, 3.05) is 32.7 Å². The van der Waals surface area contributed by atoms with E-state index in [-0.39, 0.29) is 31.4 Å². The van der Waals surface area contributed by atoms with Crippen LogP contribution in [-0.4, -0.2) is 45.2 Å². The lowest BCUT2D eigenvalue weighted by Crippen LogP contribution is -2.44. The molecule has 0 spiro atoms. The van der Waals surface area contributed by atoms with Crippen LogP contribution in [0.15, 0.2) is 12.1 Å². The molecule has 0 saturated carbocycles. The van der Waals surface area contributed by atoms with Gasteiger partial charge in [0.1, 0.15) is 11.8 Å². The minimum Gasteiger partial charge on any atom is -0.495 e. The van der Waals surface area contributed by atoms with E-state index in [0.717, 1.165) is 5.56 Å². The van der Waals surface area contributed by atoms with E-state index in [4.69, 9.17) is 26.8 Å². The number of methoxy groups -OCH3 is 2. The summed E-state index contributed by atoms with van der Waals surface area (Å²) in [6.07, 6.45) is 0.107. The highest BCUT2D eigenvalue weighted by molar-refractivity contribution is 6.31. The van der Waals surface area contributed by atoms with Crippen LogP contribution in [0.1, 0.15) is 12.0 Å². The fourth-order valence-electron chi connectivity index (χ4n) is 1.83. The van der Waals surface area contributed by atoms with Crippen LogP contribution >= 0.6 is 11.6 Å². The Kier molecular flexibility index (Phi) is 7.80. The minimum atomic E-state index is -0.748. The number of hydrogen-bond acceptors (Lipinski definition) is 5. The summed E-state index contributed by atoms with van der Waals surface area (Å²) in [5.74, 6) is -0.148. The molecule has 2 amide bonds. The molecule has 0 aliphatic carbocycles. The number of carbonyl (C=O) groups is 2. The topological polar surface area (TPSA) is 103 Å². The third-order valence-electron chi connectivity index (χ3n) is 3.09. The molecule has 128 valence electrons. The zero-order chi connectivity index (χ0) is 17.4. The molecule has 23 heavy (non-hydrogen) atoms. The first kappa shape index (κ1) is 19.2. The van der Waals surface area contributed by atoms with E-state index < -0.39 is 6.04 Å². The molecule has 0 heterocycles. The molecule has 0 saturated heterocycles. The highest BCUT2D eigenvalue weighted by atomic mass is 35.5. The van der Waals surface area contributed by atoms with Crippen molar-refractivity contribution in [1.29, 1.82) is 0 Å². The Morgan fingerprint density at radius 3 is 2.65 bits per heavy atom. The van der Waals surface area contributed by atoms with Crippen molar-refractivity contribution >= 4 is 29.1 Å². The van der Waals surface area contributed by atoms with Crippen LogP contribution in [0.5, 0.6) is 5.75 Å². The SMILES string of the molecule is COCC(N)C(=O)NCCC(=O)Nc1cc(C)c(Cl)cc1OC. The second kappa shape index (κ2) is 9.34. The Hall–Kier alpha value is -1.83. The first-order chi connectivity index (χ1) is 10.9. The van der Waals surface area contributed by atoms with Crippen LogP contribution < -0.4 is 21.1 Å². The maximum absolute atomic E-state index is 11.9. The van der Waals surface area contributed by atoms with Crippen molar-refractivity contribution < 1.29 is 19.1 Å². The normalized spacial score (nSPS) is 11.7. The molecule has 0 fully saturated rings. The molecule has 0 aliphatic rings. The molecular weight excluding hydrogens is 322 g/mol. The second-order valence-electron chi connectivity index (χ2n) is 4.95. The smallest absolute Gasteiger partial charge is 0.239 e. The van der Waals surface area contributed by atoms with Gasteiger partial charge in [0.2, 0.25) is 11.8 Å². The van der Waals surface area contributed by atoms with Gasteiger partial charge in [0.05, 0.1) is 19.4 Å². The number of aryl methyl sites for hydroxylation is 1. The van der Waals surface area contributed by atoms with Crippen LogP contribution in [-0.2, 0) is 14.3 Å². The summed E-state index contributed by atoms with van der Waals surface area (Å²) in [6.45, 7) is 2.13. The van der Waals surface area contributed by atoms with E-state index in [9.17, 15) is 9.59 Å². The predicted molar refractivity (Wildman–Crippen MR) is 88.8 cm³/mol. The molecule has 1 aromatic carbocycles. The molecule has 1 aromatic rings. The van der Waals surface area contributed by atoms with Gasteiger partial charge in [-0.05, 0) is 18.6 Å². The zero-order valence-corrected chi connectivity index (χ0v) is 14.2. The number of nitrogens with two attached hydrogens (primary N) is 1. The van der Waals surface area contributed by atoms with Crippen molar-refractivity contribution in [3.8, 4) is 5.75 Å². The Labute approximate surface area is 140 Å². The molecule has 7 nitrogen and oxygen atoms in total. The predicted octanol–water partition coefficient (Wildman–Crippen LogP) is 1.08. The highest BCUT2D eigenvalue weighted by Gasteiger charge is 2.14. The molecular formula is C15H22ClN3O4. The Morgan fingerprint density at radius 1 is 1.35 bits per heavy atom. The molecule has 8 heteroatoms. The number of ether oxygens (including phenoxy) is 2. The molecule has 1 atom stereocenters. The summed E-state index contributed by atoms with van der Waals surface area (Å²) in [5, 5.41) is 5.86. The summed E-state index contributed by atoms with van der Waals surface area (Å²) in [5.41, 5.74) is 6.92. The van der Waals surface area contributed by atoms with Crippen molar-refractivity contribution in [2.45, 2.75) is 19.4 Å². The molecule has 0 aromatic heterocycles. The van der Waals surface area contributed by atoms with Crippen LogP contribution in [0.25, 0.3) is 0 Å². The monoisotopic (exact) mass is 343 g/mol. The molecule has 0 bridgehead atoms. The van der Waals surface area contributed by atoms with Gasteiger partial charge in [-0.3, -0.25) is 9.59 Å². The van der Waals surface area contributed by atoms with Crippen molar-refractivity contribution in [2.24, 2.45) is 5.73 Å². The number of nitrogens with one attached hydrogen (secondary N) is 2. The van der Waals surface area contributed by atoms with E-state index in [1.165, 1.54) is 14.2 Å². The van der Waals surface area contributed by atoms with Crippen LogP contribution in [0.3, 0.4) is 0 Å². The van der Waals surface area contributed by atoms with Gasteiger partial charge < -0.3 is 25.8 Å². The summed E-state index contributed by atoms with van der Waals surface area (Å²) >= 11 is 6.01. The van der Waals surface area contributed by atoms with E-state index >= 15 is 0 Å². The van der Waals surface area contributed by atoms with Crippen LogP contribution in [0.2, 0.25) is 5.02 Å². The van der Waals surface area contributed by atoms with Gasteiger partial charge in [-0.1, -0.05) is 11.6 Å². The van der Waals surface area contributed by atoms with Gasteiger partial charge in [0.15, 0.2) is 0 Å². The van der Waals surface area contributed by atoms with E-state index in [1.54, 1.807) is 12.1 Å². The average molecular weight is 344 g/mol. The van der Waals surface area contributed by atoms with Gasteiger partial charge in [-0.15, -0.1) is 0 Å². The van der Waals surface area contributed by atoms with Crippen molar-refractivity contribution in [1.82, 2.24) is 5.32 Å². The standard InChI is InChI=1S/C15H22ClN3O4/c1-9-6-12(13(23-3)7-10(9)16)19-14(20)4-5-18-15(21)11(17)8-22-2/h6-7,11H,4-5,8,17H2,1-3H3,(H,18,21)(H,19,20). The molecule has 0 aliphatic heterocycles. The van der Waals surface area contributed by atoms with Crippen LogP contribution in [0, 0.1) is 6.92 Å². The fraction of sp³-hybridized carbons (Fsp3) is 0.467. The largest absolute Gasteiger partial charge is 0.495 e. The molecule has 0 radical (unpaired) electrons. The van der Waals surface area contributed by atoms with E-state index in [0.29, 0.717) is 16.5 Å². The average Bonchev–Trinajstić information content (AvgIpc) is 2.50.